The van der Waals surface area contributed by atoms with Crippen LogP contribution in [0.5, 0.6) is 11.5 Å². The summed E-state index contributed by atoms with van der Waals surface area (Å²) in [7, 11) is 1.59. The molecule has 0 atom stereocenters. The van der Waals surface area contributed by atoms with Gasteiger partial charge in [0.15, 0.2) is 11.5 Å². The molecule has 2 aromatic rings. The third-order valence-electron chi connectivity index (χ3n) is 2.88. The Morgan fingerprint density at radius 2 is 2.17 bits per heavy atom. The number of hydrazone groups is 1. The first-order valence-electron chi connectivity index (χ1n) is 7.28. The molecule has 122 valence electrons. The van der Waals surface area contributed by atoms with Crippen LogP contribution in [0.4, 0.5) is 0 Å². The smallest absolute Gasteiger partial charge is 0.281 e. The molecule has 0 bridgehead atoms. The molecule has 1 heterocycles. The lowest BCUT2D eigenvalue weighted by molar-refractivity contribution is 0.0959. The van der Waals surface area contributed by atoms with Crippen LogP contribution in [-0.2, 0) is 0 Å². The number of thiophene rings is 1. The summed E-state index contributed by atoms with van der Waals surface area (Å²) in [6.07, 6.45) is 1.57. The maximum absolute atomic E-state index is 11.8. The molecule has 6 heteroatoms. The third kappa shape index (κ3) is 5.10. The van der Waals surface area contributed by atoms with E-state index in [1.54, 1.807) is 19.4 Å². The molecule has 0 saturated carbocycles. The molecule has 0 unspecified atom stereocenters. The average molecular weight is 332 g/mol. The number of amides is 1. The minimum absolute atomic E-state index is 0.222. The van der Waals surface area contributed by atoms with Crippen LogP contribution >= 0.6 is 11.3 Å². The summed E-state index contributed by atoms with van der Waals surface area (Å²) in [5, 5.41) is 5.81. The topological polar surface area (TPSA) is 59.9 Å². The molecule has 0 aliphatic rings. The van der Waals surface area contributed by atoms with Crippen LogP contribution in [0.25, 0.3) is 0 Å². The quantitative estimate of drug-likeness (QED) is 0.623. The first-order chi connectivity index (χ1) is 11.1. The number of nitrogens with zero attached hydrogens (tertiary/aromatic N) is 1. The fourth-order valence-electron chi connectivity index (χ4n) is 1.77. The number of carbonyl (C=O) groups is 1. The summed E-state index contributed by atoms with van der Waals surface area (Å²) in [6.45, 7) is 4.80. The standard InChI is InChI=1S/C17H20N2O3S/c1-12(2)11-22-14-7-6-13(9-15(14)21-3)10-18-19-17(20)16-5-4-8-23-16/h4-10,12H,11H2,1-3H3,(H,19,20)/b18-10-. The number of methoxy groups -OCH3 is 1. The highest BCUT2D eigenvalue weighted by Crippen LogP contribution is 2.27. The van der Waals surface area contributed by atoms with Crippen molar-refractivity contribution < 1.29 is 14.3 Å². The van der Waals surface area contributed by atoms with E-state index < -0.39 is 0 Å². The Balaban J connectivity index is 1.99. The van der Waals surface area contributed by atoms with E-state index in [-0.39, 0.29) is 5.91 Å². The van der Waals surface area contributed by atoms with Gasteiger partial charge in [0.25, 0.3) is 5.91 Å². The van der Waals surface area contributed by atoms with E-state index in [1.807, 2.05) is 29.6 Å². The number of rotatable bonds is 7. The van der Waals surface area contributed by atoms with Crippen molar-refractivity contribution in [1.29, 1.82) is 0 Å². The number of ether oxygens (including phenoxy) is 2. The molecule has 1 aromatic carbocycles. The van der Waals surface area contributed by atoms with Crippen molar-refractivity contribution in [2.24, 2.45) is 11.0 Å². The predicted octanol–water partition coefficient (Wildman–Crippen LogP) is 3.56. The minimum atomic E-state index is -0.222. The molecule has 5 nitrogen and oxygen atoms in total. The van der Waals surface area contributed by atoms with Crippen LogP contribution in [0.2, 0.25) is 0 Å². The molecular formula is C17H20N2O3S. The minimum Gasteiger partial charge on any atom is -0.493 e. The Labute approximate surface area is 139 Å². The lowest BCUT2D eigenvalue weighted by atomic mass is 10.2. The normalized spacial score (nSPS) is 11.0. The number of benzene rings is 1. The van der Waals surface area contributed by atoms with Gasteiger partial charge in [-0.3, -0.25) is 4.79 Å². The Bertz CT molecular complexity index is 666. The summed E-state index contributed by atoms with van der Waals surface area (Å²) < 4.78 is 11.0. The fraction of sp³-hybridized carbons (Fsp3) is 0.294. The van der Waals surface area contributed by atoms with Crippen LogP contribution < -0.4 is 14.9 Å². The van der Waals surface area contributed by atoms with Crippen molar-refractivity contribution in [3.8, 4) is 11.5 Å². The third-order valence-corrected chi connectivity index (χ3v) is 3.75. The van der Waals surface area contributed by atoms with Gasteiger partial charge in [0.05, 0.1) is 24.8 Å². The molecule has 0 aliphatic heterocycles. The fourth-order valence-corrected chi connectivity index (χ4v) is 2.38. The summed E-state index contributed by atoms with van der Waals surface area (Å²) >= 11 is 1.37. The Hall–Kier alpha value is -2.34. The maximum Gasteiger partial charge on any atom is 0.281 e. The van der Waals surface area contributed by atoms with Crippen molar-refractivity contribution >= 4 is 23.5 Å². The van der Waals surface area contributed by atoms with Crippen LogP contribution in [0, 0.1) is 5.92 Å². The molecular weight excluding hydrogens is 312 g/mol. The van der Waals surface area contributed by atoms with Crippen molar-refractivity contribution in [3.05, 3.63) is 46.2 Å². The van der Waals surface area contributed by atoms with E-state index in [0.717, 1.165) is 5.56 Å². The maximum atomic E-state index is 11.8. The second kappa shape index (κ2) is 8.33. The van der Waals surface area contributed by atoms with Crippen molar-refractivity contribution in [2.45, 2.75) is 13.8 Å². The van der Waals surface area contributed by atoms with Gasteiger partial charge in [-0.1, -0.05) is 19.9 Å². The molecule has 1 aromatic heterocycles. The summed E-state index contributed by atoms with van der Waals surface area (Å²) in [6, 6.07) is 9.09. The zero-order valence-electron chi connectivity index (χ0n) is 13.4. The number of hydrogen-bond acceptors (Lipinski definition) is 5. The van der Waals surface area contributed by atoms with E-state index in [4.69, 9.17) is 9.47 Å². The number of hydrogen-bond donors (Lipinski definition) is 1. The zero-order chi connectivity index (χ0) is 16.7. The monoisotopic (exact) mass is 332 g/mol. The molecule has 1 N–H and O–H groups in total. The average Bonchev–Trinajstić information content (AvgIpc) is 3.07. The van der Waals surface area contributed by atoms with Gasteiger partial charge in [0.2, 0.25) is 0 Å². The Morgan fingerprint density at radius 3 is 2.83 bits per heavy atom. The van der Waals surface area contributed by atoms with E-state index in [9.17, 15) is 4.79 Å². The van der Waals surface area contributed by atoms with Crippen LogP contribution in [0.1, 0.15) is 29.1 Å². The molecule has 1 amide bonds. The zero-order valence-corrected chi connectivity index (χ0v) is 14.2. The van der Waals surface area contributed by atoms with Gasteiger partial charge in [-0.05, 0) is 41.1 Å². The second-order valence-electron chi connectivity index (χ2n) is 5.29. The molecule has 0 radical (unpaired) electrons. The van der Waals surface area contributed by atoms with E-state index in [2.05, 4.69) is 24.4 Å². The van der Waals surface area contributed by atoms with Gasteiger partial charge in [0.1, 0.15) is 0 Å². The highest BCUT2D eigenvalue weighted by molar-refractivity contribution is 7.12. The van der Waals surface area contributed by atoms with Crippen LogP contribution in [0.3, 0.4) is 0 Å². The molecule has 23 heavy (non-hydrogen) atoms. The lowest BCUT2D eigenvalue weighted by Crippen LogP contribution is -2.16. The van der Waals surface area contributed by atoms with Gasteiger partial charge in [-0.2, -0.15) is 5.10 Å². The van der Waals surface area contributed by atoms with E-state index >= 15 is 0 Å². The Kier molecular flexibility index (Phi) is 6.17. The van der Waals surface area contributed by atoms with Crippen LogP contribution in [-0.4, -0.2) is 25.8 Å². The highest BCUT2D eigenvalue weighted by Gasteiger charge is 2.07. The van der Waals surface area contributed by atoms with Gasteiger partial charge in [-0.15, -0.1) is 11.3 Å². The van der Waals surface area contributed by atoms with Crippen LogP contribution in [0.15, 0.2) is 40.8 Å². The summed E-state index contributed by atoms with van der Waals surface area (Å²) in [5.41, 5.74) is 3.30. The van der Waals surface area contributed by atoms with Gasteiger partial charge in [-0.25, -0.2) is 5.43 Å². The largest absolute Gasteiger partial charge is 0.493 e. The van der Waals surface area contributed by atoms with Crippen molar-refractivity contribution in [3.63, 3.8) is 0 Å². The van der Waals surface area contributed by atoms with Gasteiger partial charge < -0.3 is 9.47 Å². The van der Waals surface area contributed by atoms with Gasteiger partial charge in [0, 0.05) is 0 Å². The second-order valence-corrected chi connectivity index (χ2v) is 6.24. The van der Waals surface area contributed by atoms with Gasteiger partial charge >= 0.3 is 0 Å². The molecule has 0 spiro atoms. The van der Waals surface area contributed by atoms with Crippen molar-refractivity contribution in [2.75, 3.05) is 13.7 Å². The highest BCUT2D eigenvalue weighted by atomic mass is 32.1. The SMILES string of the molecule is COc1cc(/C=N\NC(=O)c2cccs2)ccc1OCC(C)C. The first kappa shape index (κ1) is 17.0. The number of nitrogens with one attached hydrogen (secondary N) is 1. The molecule has 2 rings (SSSR count). The number of carbonyl (C=O) groups excluding carboxylic acids is 1. The predicted molar refractivity (Wildman–Crippen MR) is 92.7 cm³/mol. The lowest BCUT2D eigenvalue weighted by Gasteiger charge is -2.12. The van der Waals surface area contributed by atoms with E-state index in [0.29, 0.717) is 28.9 Å². The Morgan fingerprint density at radius 1 is 1.35 bits per heavy atom. The summed E-state index contributed by atoms with van der Waals surface area (Å²) in [4.78, 5) is 12.4. The first-order valence-corrected chi connectivity index (χ1v) is 8.16. The van der Waals surface area contributed by atoms with E-state index in [1.165, 1.54) is 11.3 Å². The van der Waals surface area contributed by atoms with Crippen molar-refractivity contribution in [1.82, 2.24) is 5.43 Å². The molecule has 0 fully saturated rings. The molecule has 0 saturated heterocycles. The summed E-state index contributed by atoms with van der Waals surface area (Å²) in [5.74, 6) is 1.55. The molecule has 0 aliphatic carbocycles.